The lowest BCUT2D eigenvalue weighted by molar-refractivity contribution is 0.102. The van der Waals surface area contributed by atoms with Crippen LogP contribution in [0.2, 0.25) is 0 Å². The second-order valence-corrected chi connectivity index (χ2v) is 9.20. The largest absolute Gasteiger partial charge is 0.454 e. The second-order valence-electron chi connectivity index (χ2n) is 9.20. The number of aliphatic imine (C=N–C) groups is 1. The Morgan fingerprint density at radius 3 is 2.42 bits per heavy atom. The van der Waals surface area contributed by atoms with E-state index >= 15 is 0 Å². The maximum absolute atomic E-state index is 13.3. The number of nitrogens with two attached hydrogens (primary N) is 1. The Hall–Kier alpha value is -4.65. The summed E-state index contributed by atoms with van der Waals surface area (Å²) in [5, 5.41) is 2.97. The molecule has 1 aromatic heterocycles. The van der Waals surface area contributed by atoms with Gasteiger partial charge in [0, 0.05) is 31.0 Å². The molecule has 2 heterocycles. The van der Waals surface area contributed by atoms with Gasteiger partial charge in [0.2, 0.25) is 0 Å². The number of amidine groups is 1. The fourth-order valence-corrected chi connectivity index (χ4v) is 4.55. The molecular weight excluding hydrogens is 474 g/mol. The lowest BCUT2D eigenvalue weighted by Crippen LogP contribution is -2.33. The van der Waals surface area contributed by atoms with Crippen LogP contribution in [0.3, 0.4) is 0 Å². The Morgan fingerprint density at radius 1 is 0.895 bits per heavy atom. The molecule has 0 unspecified atom stereocenters. The molecule has 3 aromatic carbocycles. The number of hydrogen-bond acceptors (Lipinski definition) is 6. The number of nitrogens with one attached hydrogen (secondary N) is 1. The first-order valence-corrected chi connectivity index (χ1v) is 12.9. The molecule has 5 rings (SSSR count). The van der Waals surface area contributed by atoms with Gasteiger partial charge in [-0.1, -0.05) is 32.0 Å². The van der Waals surface area contributed by atoms with Crippen LogP contribution in [0.25, 0.3) is 11.1 Å². The Balaban J connectivity index is 1.49. The number of anilines is 2. The van der Waals surface area contributed by atoms with E-state index in [0.717, 1.165) is 54.2 Å². The first-order valence-electron chi connectivity index (χ1n) is 12.9. The van der Waals surface area contributed by atoms with Gasteiger partial charge in [-0.25, -0.2) is 4.99 Å². The van der Waals surface area contributed by atoms with E-state index in [2.05, 4.69) is 29.0 Å². The Bertz CT molecular complexity index is 1480. The Morgan fingerprint density at radius 2 is 1.66 bits per heavy atom. The quantitative estimate of drug-likeness (QED) is 0.267. The molecule has 192 valence electrons. The smallest absolute Gasteiger partial charge is 0.255 e. The maximum atomic E-state index is 13.3. The molecule has 0 atom stereocenters. The van der Waals surface area contributed by atoms with Gasteiger partial charge >= 0.3 is 0 Å². The van der Waals surface area contributed by atoms with E-state index < -0.39 is 0 Å². The van der Waals surface area contributed by atoms with Gasteiger partial charge in [-0.2, -0.15) is 0 Å². The molecule has 1 amide bonds. The summed E-state index contributed by atoms with van der Waals surface area (Å²) < 4.78 is 6.28. The minimum absolute atomic E-state index is 0.274. The van der Waals surface area contributed by atoms with Gasteiger partial charge in [0.15, 0.2) is 5.75 Å². The van der Waals surface area contributed by atoms with Crippen LogP contribution in [0.15, 0.2) is 90.2 Å². The summed E-state index contributed by atoms with van der Waals surface area (Å²) in [6.07, 6.45) is 5.46. The lowest BCUT2D eigenvalue weighted by Gasteiger charge is -2.25. The van der Waals surface area contributed by atoms with E-state index in [9.17, 15) is 4.79 Å². The minimum atomic E-state index is -0.274. The van der Waals surface area contributed by atoms with Crippen molar-refractivity contribution in [1.29, 1.82) is 0 Å². The van der Waals surface area contributed by atoms with E-state index in [1.807, 2.05) is 48.5 Å². The Labute approximate surface area is 223 Å². The minimum Gasteiger partial charge on any atom is -0.454 e. The van der Waals surface area contributed by atoms with Crippen molar-refractivity contribution in [2.24, 2.45) is 4.99 Å². The normalized spacial score (nSPS) is 11.9. The summed E-state index contributed by atoms with van der Waals surface area (Å²) in [6.45, 7) is 6.08. The summed E-state index contributed by atoms with van der Waals surface area (Å²) in [4.78, 5) is 24.8. The molecule has 0 bridgehead atoms. The molecule has 0 saturated carbocycles. The van der Waals surface area contributed by atoms with Crippen LogP contribution in [0.5, 0.6) is 11.5 Å². The van der Waals surface area contributed by atoms with E-state index in [1.165, 1.54) is 0 Å². The number of para-hydroxylation sites is 1. The van der Waals surface area contributed by atoms with Gasteiger partial charge in [-0.3, -0.25) is 9.78 Å². The number of nitrogen functional groups attached to an aromatic ring is 1. The average Bonchev–Trinajstić information content (AvgIpc) is 3.11. The molecule has 1 aliphatic heterocycles. The summed E-state index contributed by atoms with van der Waals surface area (Å²) in [5.41, 5.74) is 11.2. The summed E-state index contributed by atoms with van der Waals surface area (Å²) in [5.74, 6) is 1.94. The van der Waals surface area contributed by atoms with Crippen LogP contribution in [-0.4, -0.2) is 34.7 Å². The predicted molar refractivity (Wildman–Crippen MR) is 153 cm³/mol. The number of rotatable bonds is 7. The molecule has 4 aromatic rings. The van der Waals surface area contributed by atoms with Crippen molar-refractivity contribution in [1.82, 2.24) is 9.88 Å². The van der Waals surface area contributed by atoms with Gasteiger partial charge in [0.25, 0.3) is 5.91 Å². The summed E-state index contributed by atoms with van der Waals surface area (Å²) in [6, 6.07) is 22.7. The van der Waals surface area contributed by atoms with Crippen LogP contribution in [0, 0.1) is 0 Å². The van der Waals surface area contributed by atoms with Crippen molar-refractivity contribution >= 4 is 28.8 Å². The fourth-order valence-electron chi connectivity index (χ4n) is 4.55. The lowest BCUT2D eigenvalue weighted by atomic mass is 10.1. The van der Waals surface area contributed by atoms with Crippen LogP contribution >= 0.6 is 0 Å². The van der Waals surface area contributed by atoms with Gasteiger partial charge in [-0.15, -0.1) is 0 Å². The molecule has 0 fully saturated rings. The van der Waals surface area contributed by atoms with E-state index in [0.29, 0.717) is 28.4 Å². The zero-order valence-corrected chi connectivity index (χ0v) is 21.6. The molecule has 38 heavy (non-hydrogen) atoms. The number of carbonyl (C=O) groups excluding carboxylic acids is 1. The van der Waals surface area contributed by atoms with Crippen LogP contribution in [0.4, 0.5) is 17.1 Å². The van der Waals surface area contributed by atoms with Crippen molar-refractivity contribution in [3.05, 3.63) is 96.3 Å². The zero-order chi connectivity index (χ0) is 26.5. The highest BCUT2D eigenvalue weighted by molar-refractivity contribution is 6.08. The average molecular weight is 506 g/mol. The standard InChI is InChI=1S/C31H31N5O2/c1-3-17-36(18-4-2)30-24-7-5-6-8-28(24)38-29-12-10-23(20-27(29)34-30)31(37)35-26-19-22(9-11-25(26)32)21-13-15-33-16-14-21/h5-16,19-20H,3-4,17-18,32H2,1-2H3,(H,35,37). The number of pyridine rings is 1. The number of fused-ring (bicyclic) bond motifs is 2. The number of benzene rings is 3. The highest BCUT2D eigenvalue weighted by Crippen LogP contribution is 2.39. The van der Waals surface area contributed by atoms with Gasteiger partial charge in [0.05, 0.1) is 16.9 Å². The SMILES string of the molecule is CCCN(CCC)C1=Nc2cc(C(=O)Nc3cc(-c4ccncc4)ccc3N)ccc2Oc2ccccc21. The van der Waals surface area contributed by atoms with Gasteiger partial charge in [-0.05, 0) is 78.6 Å². The number of nitrogens with zero attached hydrogens (tertiary/aromatic N) is 3. The summed E-state index contributed by atoms with van der Waals surface area (Å²) in [7, 11) is 0. The van der Waals surface area contributed by atoms with Gasteiger partial charge in [0.1, 0.15) is 17.3 Å². The third-order valence-corrected chi connectivity index (χ3v) is 6.40. The monoisotopic (exact) mass is 505 g/mol. The van der Waals surface area contributed by atoms with Crippen LogP contribution in [0.1, 0.15) is 42.6 Å². The number of carbonyl (C=O) groups is 1. The first kappa shape index (κ1) is 25.0. The fraction of sp³-hybridized carbons (Fsp3) is 0.194. The third-order valence-electron chi connectivity index (χ3n) is 6.40. The zero-order valence-electron chi connectivity index (χ0n) is 21.6. The topological polar surface area (TPSA) is 92.8 Å². The molecule has 0 saturated heterocycles. The molecular formula is C31H31N5O2. The first-order chi connectivity index (χ1) is 18.6. The Kier molecular flexibility index (Phi) is 7.35. The van der Waals surface area contributed by atoms with E-state index in [1.54, 1.807) is 36.7 Å². The van der Waals surface area contributed by atoms with Crippen molar-refractivity contribution in [3.63, 3.8) is 0 Å². The van der Waals surface area contributed by atoms with E-state index in [4.69, 9.17) is 15.5 Å². The number of aromatic nitrogens is 1. The van der Waals surface area contributed by atoms with Crippen molar-refractivity contribution in [3.8, 4) is 22.6 Å². The van der Waals surface area contributed by atoms with E-state index in [-0.39, 0.29) is 5.91 Å². The van der Waals surface area contributed by atoms with Crippen LogP contribution < -0.4 is 15.8 Å². The van der Waals surface area contributed by atoms with Gasteiger partial charge < -0.3 is 20.7 Å². The molecule has 0 aliphatic carbocycles. The highest BCUT2D eigenvalue weighted by Gasteiger charge is 2.23. The number of amides is 1. The predicted octanol–water partition coefficient (Wildman–Crippen LogP) is 6.89. The molecule has 0 radical (unpaired) electrons. The maximum Gasteiger partial charge on any atom is 0.255 e. The molecule has 7 heteroatoms. The second kappa shape index (κ2) is 11.2. The highest BCUT2D eigenvalue weighted by atomic mass is 16.5. The molecule has 3 N–H and O–H groups in total. The van der Waals surface area contributed by atoms with Crippen molar-refractivity contribution in [2.45, 2.75) is 26.7 Å². The molecule has 7 nitrogen and oxygen atoms in total. The van der Waals surface area contributed by atoms with Crippen molar-refractivity contribution in [2.75, 3.05) is 24.1 Å². The van der Waals surface area contributed by atoms with Crippen LogP contribution in [-0.2, 0) is 0 Å². The number of hydrogen-bond donors (Lipinski definition) is 2. The van der Waals surface area contributed by atoms with Crippen molar-refractivity contribution < 1.29 is 9.53 Å². The molecule has 0 spiro atoms. The molecule has 1 aliphatic rings. The summed E-state index contributed by atoms with van der Waals surface area (Å²) >= 11 is 0. The number of ether oxygens (including phenoxy) is 1. The third kappa shape index (κ3) is 5.22.